The molecule has 7 nitrogen and oxygen atoms in total. The van der Waals surface area contributed by atoms with Crippen LogP contribution in [0.1, 0.15) is 18.9 Å². The van der Waals surface area contributed by atoms with Crippen LogP contribution in [0.3, 0.4) is 0 Å². The second-order valence-corrected chi connectivity index (χ2v) is 9.26. The minimum absolute atomic E-state index is 0.116. The Bertz CT molecular complexity index is 1500. The number of thiophene rings is 1. The number of piperidine rings is 1. The topological polar surface area (TPSA) is 87.9 Å². The summed E-state index contributed by atoms with van der Waals surface area (Å²) in [5, 5.41) is 18.3. The molecule has 2 aromatic carbocycles. The Morgan fingerprint density at radius 3 is 2.64 bits per heavy atom. The van der Waals surface area contributed by atoms with Crippen molar-refractivity contribution >= 4 is 38.3 Å². The standard InChI is InChI=1S/C25H20N5O2S/c31-30(32)22-8-7-21(33-22)24-28-23-20(18-6-5-16-3-1-2-4-17(16)15-18)11-14-27-25(23)29(24)19-9-12-26-13-10-19/h1-8,11,14-15,19H,9-10,12-13H2/q-1. The molecule has 164 valence electrons. The Morgan fingerprint density at radius 1 is 1.03 bits per heavy atom. The van der Waals surface area contributed by atoms with E-state index in [-0.39, 0.29) is 16.0 Å². The monoisotopic (exact) mass is 454 g/mol. The molecule has 0 saturated carbocycles. The third-order valence-electron chi connectivity index (χ3n) is 6.24. The van der Waals surface area contributed by atoms with Crippen molar-refractivity contribution in [1.82, 2.24) is 14.5 Å². The molecule has 0 N–H and O–H groups in total. The fourth-order valence-corrected chi connectivity index (χ4v) is 5.45. The van der Waals surface area contributed by atoms with Crippen LogP contribution in [0.2, 0.25) is 0 Å². The highest BCUT2D eigenvalue weighted by atomic mass is 32.1. The molecule has 1 fully saturated rings. The summed E-state index contributed by atoms with van der Waals surface area (Å²) in [5.74, 6) is 0.746. The number of nitro groups is 1. The van der Waals surface area contributed by atoms with Gasteiger partial charge in [-0.1, -0.05) is 60.6 Å². The highest BCUT2D eigenvalue weighted by molar-refractivity contribution is 7.18. The van der Waals surface area contributed by atoms with Crippen molar-refractivity contribution in [3.63, 3.8) is 0 Å². The molecule has 0 atom stereocenters. The van der Waals surface area contributed by atoms with Crippen molar-refractivity contribution in [2.45, 2.75) is 18.9 Å². The number of hydrogen-bond acceptors (Lipinski definition) is 5. The number of imidazole rings is 1. The predicted octanol–water partition coefficient (Wildman–Crippen LogP) is 6.60. The maximum Gasteiger partial charge on any atom is 0.324 e. The number of pyridine rings is 1. The normalized spacial score (nSPS) is 14.8. The van der Waals surface area contributed by atoms with Crippen LogP contribution in [0.5, 0.6) is 0 Å². The second-order valence-electron chi connectivity index (χ2n) is 8.20. The van der Waals surface area contributed by atoms with E-state index in [1.165, 1.54) is 10.8 Å². The minimum atomic E-state index is -0.348. The number of benzene rings is 2. The predicted molar refractivity (Wildman–Crippen MR) is 132 cm³/mol. The van der Waals surface area contributed by atoms with Crippen LogP contribution in [0.4, 0.5) is 5.00 Å². The first-order chi connectivity index (χ1) is 16.2. The lowest BCUT2D eigenvalue weighted by molar-refractivity contribution is -0.380. The van der Waals surface area contributed by atoms with Gasteiger partial charge in [0.2, 0.25) is 0 Å². The van der Waals surface area contributed by atoms with Gasteiger partial charge in [-0.25, -0.2) is 9.97 Å². The highest BCUT2D eigenvalue weighted by Gasteiger charge is 2.25. The molecule has 0 spiro atoms. The van der Waals surface area contributed by atoms with E-state index in [9.17, 15) is 10.1 Å². The molecule has 0 bridgehead atoms. The van der Waals surface area contributed by atoms with Gasteiger partial charge < -0.3 is 9.88 Å². The third kappa shape index (κ3) is 3.48. The third-order valence-corrected chi connectivity index (χ3v) is 7.27. The molecule has 33 heavy (non-hydrogen) atoms. The quantitative estimate of drug-likeness (QED) is 0.226. The van der Waals surface area contributed by atoms with E-state index in [1.807, 2.05) is 24.4 Å². The summed E-state index contributed by atoms with van der Waals surface area (Å²) in [7, 11) is 0. The summed E-state index contributed by atoms with van der Waals surface area (Å²) in [6.07, 6.45) is 3.65. The summed E-state index contributed by atoms with van der Waals surface area (Å²) in [6, 6.07) is 20.3. The Morgan fingerprint density at radius 2 is 1.85 bits per heavy atom. The van der Waals surface area contributed by atoms with Gasteiger partial charge in [0, 0.05) is 23.9 Å². The zero-order valence-corrected chi connectivity index (χ0v) is 18.5. The second kappa shape index (κ2) is 8.06. The number of aromatic nitrogens is 3. The van der Waals surface area contributed by atoms with Gasteiger partial charge in [0.1, 0.15) is 5.52 Å². The molecular formula is C25H20N5O2S-. The van der Waals surface area contributed by atoms with E-state index in [2.05, 4.69) is 40.2 Å². The molecule has 0 unspecified atom stereocenters. The first kappa shape index (κ1) is 20.0. The molecule has 0 radical (unpaired) electrons. The van der Waals surface area contributed by atoms with Crippen molar-refractivity contribution in [2.24, 2.45) is 0 Å². The van der Waals surface area contributed by atoms with Crippen LogP contribution >= 0.6 is 11.3 Å². The van der Waals surface area contributed by atoms with Crippen molar-refractivity contribution in [1.29, 1.82) is 0 Å². The lowest BCUT2D eigenvalue weighted by atomic mass is 10.0. The molecule has 1 saturated heterocycles. The summed E-state index contributed by atoms with van der Waals surface area (Å²) < 4.78 is 2.18. The summed E-state index contributed by atoms with van der Waals surface area (Å²) in [4.78, 5) is 21.5. The Balaban J connectivity index is 1.58. The first-order valence-electron chi connectivity index (χ1n) is 10.9. The Hall–Kier alpha value is -3.62. The highest BCUT2D eigenvalue weighted by Crippen LogP contribution is 2.40. The van der Waals surface area contributed by atoms with E-state index >= 15 is 0 Å². The largest absolute Gasteiger partial charge is 0.662 e. The maximum atomic E-state index is 11.3. The lowest BCUT2D eigenvalue weighted by Crippen LogP contribution is -2.18. The van der Waals surface area contributed by atoms with E-state index in [4.69, 9.17) is 9.97 Å². The van der Waals surface area contributed by atoms with Gasteiger partial charge >= 0.3 is 5.00 Å². The van der Waals surface area contributed by atoms with Crippen LogP contribution in [0, 0.1) is 10.1 Å². The zero-order valence-electron chi connectivity index (χ0n) is 17.7. The van der Waals surface area contributed by atoms with Crippen molar-refractivity contribution < 1.29 is 4.92 Å². The maximum absolute atomic E-state index is 11.3. The van der Waals surface area contributed by atoms with E-state index in [1.54, 1.807) is 12.1 Å². The Kier molecular flexibility index (Phi) is 4.89. The minimum Gasteiger partial charge on any atom is -0.662 e. The van der Waals surface area contributed by atoms with Gasteiger partial charge in [-0.05, 0) is 34.5 Å². The van der Waals surface area contributed by atoms with Gasteiger partial charge in [-0.3, -0.25) is 10.1 Å². The summed E-state index contributed by atoms with van der Waals surface area (Å²) in [5.41, 5.74) is 3.73. The fourth-order valence-electron chi connectivity index (χ4n) is 4.64. The number of hydrogen-bond donors (Lipinski definition) is 0. The van der Waals surface area contributed by atoms with Crippen molar-refractivity contribution in [3.8, 4) is 21.8 Å². The molecule has 0 amide bonds. The van der Waals surface area contributed by atoms with Crippen molar-refractivity contribution in [3.05, 3.63) is 82.3 Å². The molecule has 8 heteroatoms. The van der Waals surface area contributed by atoms with E-state index in [0.717, 1.165) is 70.3 Å². The molecular weight excluding hydrogens is 434 g/mol. The molecule has 3 aromatic heterocycles. The molecule has 6 rings (SSSR count). The average molecular weight is 455 g/mol. The lowest BCUT2D eigenvalue weighted by Gasteiger charge is -2.33. The van der Waals surface area contributed by atoms with Crippen molar-refractivity contribution in [2.75, 3.05) is 13.1 Å². The van der Waals surface area contributed by atoms with E-state index < -0.39 is 0 Å². The van der Waals surface area contributed by atoms with Gasteiger partial charge in [0.25, 0.3) is 0 Å². The molecule has 5 aromatic rings. The zero-order chi connectivity index (χ0) is 22.4. The van der Waals surface area contributed by atoms with Crippen LogP contribution < -0.4 is 0 Å². The first-order valence-corrected chi connectivity index (χ1v) is 11.7. The fraction of sp³-hybridized carbons (Fsp3) is 0.200. The average Bonchev–Trinajstić information content (AvgIpc) is 3.49. The van der Waals surface area contributed by atoms with E-state index in [0.29, 0.717) is 0 Å². The molecule has 4 heterocycles. The smallest absolute Gasteiger partial charge is 0.324 e. The number of fused-ring (bicyclic) bond motifs is 2. The van der Waals surface area contributed by atoms with Crippen LogP contribution in [0.15, 0.2) is 66.9 Å². The number of nitrogens with zero attached hydrogens (tertiary/aromatic N) is 5. The van der Waals surface area contributed by atoms with Gasteiger partial charge in [-0.15, -0.1) is 13.1 Å². The summed E-state index contributed by atoms with van der Waals surface area (Å²) >= 11 is 1.16. The van der Waals surface area contributed by atoms with Crippen LogP contribution in [-0.4, -0.2) is 32.5 Å². The molecule has 1 aliphatic heterocycles. The molecule has 0 aliphatic carbocycles. The Labute approximate surface area is 193 Å². The van der Waals surface area contributed by atoms with Crippen LogP contribution in [-0.2, 0) is 0 Å². The number of rotatable bonds is 4. The van der Waals surface area contributed by atoms with Crippen LogP contribution in [0.25, 0.3) is 49.1 Å². The van der Waals surface area contributed by atoms with Gasteiger partial charge in [-0.2, -0.15) is 0 Å². The summed E-state index contributed by atoms with van der Waals surface area (Å²) in [6.45, 7) is 1.61. The SMILES string of the molecule is O=[N+]([O-])c1ccc(-c2nc3c(-c4ccc5ccccc5c4)ccnc3n2C2CC[N-]CC2)s1. The van der Waals surface area contributed by atoms with Gasteiger partial charge in [0.05, 0.1) is 9.80 Å². The van der Waals surface area contributed by atoms with Gasteiger partial charge in [0.15, 0.2) is 11.5 Å². The molecule has 1 aliphatic rings.